The number of thiophene rings is 1. The SMILES string of the molecule is COCCC1CN(C2=c3ncc(F)c(F)c3=CNc3sccc32)CCN1. The van der Waals surface area contributed by atoms with Crippen molar-refractivity contribution >= 4 is 28.2 Å². The van der Waals surface area contributed by atoms with Crippen LogP contribution in [-0.4, -0.2) is 49.3 Å². The highest BCUT2D eigenvalue weighted by molar-refractivity contribution is 7.14. The van der Waals surface area contributed by atoms with Gasteiger partial charge in [-0.25, -0.2) is 8.78 Å². The molecule has 0 radical (unpaired) electrons. The number of ether oxygens (including phenoxy) is 1. The van der Waals surface area contributed by atoms with Gasteiger partial charge in [0.15, 0.2) is 11.6 Å². The molecule has 4 rings (SSSR count). The van der Waals surface area contributed by atoms with Gasteiger partial charge in [-0.3, -0.25) is 4.98 Å². The summed E-state index contributed by atoms with van der Waals surface area (Å²) in [4.78, 5) is 6.47. The minimum atomic E-state index is -0.940. The number of methoxy groups -OCH3 is 1. The molecule has 0 spiro atoms. The number of fused-ring (bicyclic) bond motifs is 2. The summed E-state index contributed by atoms with van der Waals surface area (Å²) in [5.41, 5.74) is 1.82. The van der Waals surface area contributed by atoms with Crippen molar-refractivity contribution in [3.8, 4) is 0 Å². The van der Waals surface area contributed by atoms with E-state index in [2.05, 4.69) is 20.5 Å². The summed E-state index contributed by atoms with van der Waals surface area (Å²) in [5.74, 6) is -1.81. The molecule has 0 aliphatic carbocycles. The topological polar surface area (TPSA) is 49.4 Å². The Labute approximate surface area is 154 Å². The van der Waals surface area contributed by atoms with E-state index in [0.29, 0.717) is 12.0 Å². The molecule has 0 bridgehead atoms. The van der Waals surface area contributed by atoms with Gasteiger partial charge in [0.05, 0.1) is 22.5 Å². The number of nitrogens with zero attached hydrogens (tertiary/aromatic N) is 2. The molecule has 1 fully saturated rings. The van der Waals surface area contributed by atoms with Crippen molar-refractivity contribution in [2.24, 2.45) is 0 Å². The molecule has 2 aliphatic heterocycles. The molecule has 0 saturated carbocycles. The molecule has 26 heavy (non-hydrogen) atoms. The maximum atomic E-state index is 14.4. The Hall–Kier alpha value is -2.03. The van der Waals surface area contributed by atoms with Crippen LogP contribution in [0.15, 0.2) is 17.6 Å². The number of hydrogen-bond acceptors (Lipinski definition) is 6. The lowest BCUT2D eigenvalue weighted by Gasteiger charge is -2.36. The molecule has 8 heteroatoms. The van der Waals surface area contributed by atoms with E-state index in [-0.39, 0.29) is 11.3 Å². The number of halogens is 2. The Kier molecular flexibility index (Phi) is 4.88. The van der Waals surface area contributed by atoms with Crippen LogP contribution in [0.4, 0.5) is 13.8 Å². The smallest absolute Gasteiger partial charge is 0.177 e. The third-order valence-corrected chi connectivity index (χ3v) is 5.59. The van der Waals surface area contributed by atoms with Crippen LogP contribution in [0.3, 0.4) is 0 Å². The summed E-state index contributed by atoms with van der Waals surface area (Å²) in [5, 5.41) is 10.1. The van der Waals surface area contributed by atoms with E-state index >= 15 is 0 Å². The lowest BCUT2D eigenvalue weighted by atomic mass is 10.1. The number of piperazine rings is 1. The lowest BCUT2D eigenvalue weighted by Crippen LogP contribution is -2.52. The van der Waals surface area contributed by atoms with E-state index in [1.807, 2.05) is 11.4 Å². The van der Waals surface area contributed by atoms with Gasteiger partial charge in [0.1, 0.15) is 5.00 Å². The molecule has 2 aliphatic rings. The van der Waals surface area contributed by atoms with Crippen LogP contribution in [0.25, 0.3) is 11.9 Å². The first kappa shape index (κ1) is 17.4. The van der Waals surface area contributed by atoms with Crippen LogP contribution in [0.5, 0.6) is 0 Å². The third-order valence-electron chi connectivity index (χ3n) is 4.74. The Morgan fingerprint density at radius 1 is 1.42 bits per heavy atom. The highest BCUT2D eigenvalue weighted by Crippen LogP contribution is 2.31. The molecule has 0 amide bonds. The summed E-state index contributed by atoms with van der Waals surface area (Å²) in [6.45, 7) is 3.02. The van der Waals surface area contributed by atoms with Gasteiger partial charge in [-0.15, -0.1) is 11.3 Å². The maximum absolute atomic E-state index is 14.4. The van der Waals surface area contributed by atoms with E-state index in [1.54, 1.807) is 7.11 Å². The van der Waals surface area contributed by atoms with Gasteiger partial charge < -0.3 is 20.3 Å². The zero-order valence-electron chi connectivity index (χ0n) is 14.4. The number of hydrogen-bond donors (Lipinski definition) is 2. The predicted octanol–water partition coefficient (Wildman–Crippen LogP) is 1.05. The van der Waals surface area contributed by atoms with Gasteiger partial charge in [0.25, 0.3) is 0 Å². The highest BCUT2D eigenvalue weighted by atomic mass is 32.1. The van der Waals surface area contributed by atoms with Crippen LogP contribution < -0.4 is 21.2 Å². The largest absolute Gasteiger partial charge is 0.385 e. The van der Waals surface area contributed by atoms with Gasteiger partial charge in [-0.05, 0) is 17.9 Å². The zero-order chi connectivity index (χ0) is 18.1. The van der Waals surface area contributed by atoms with Crippen molar-refractivity contribution in [3.05, 3.63) is 45.4 Å². The molecule has 2 N–H and O–H groups in total. The minimum absolute atomic E-state index is 0.162. The van der Waals surface area contributed by atoms with Gasteiger partial charge in [0, 0.05) is 51.2 Å². The fourth-order valence-corrected chi connectivity index (χ4v) is 4.23. The van der Waals surface area contributed by atoms with E-state index in [4.69, 9.17) is 4.74 Å². The van der Waals surface area contributed by atoms with Crippen molar-refractivity contribution in [2.75, 3.05) is 38.7 Å². The second-order valence-corrected chi connectivity index (χ2v) is 7.28. The number of pyridine rings is 1. The number of rotatable bonds is 4. The molecular formula is C18H20F2N4OS. The monoisotopic (exact) mass is 378 g/mol. The van der Waals surface area contributed by atoms with E-state index in [9.17, 15) is 8.78 Å². The summed E-state index contributed by atoms with van der Waals surface area (Å²) in [6.07, 6.45) is 3.36. The highest BCUT2D eigenvalue weighted by Gasteiger charge is 2.26. The van der Waals surface area contributed by atoms with Crippen LogP contribution in [-0.2, 0) is 4.74 Å². The summed E-state index contributed by atoms with van der Waals surface area (Å²) >= 11 is 1.53. The molecular weight excluding hydrogens is 358 g/mol. The summed E-state index contributed by atoms with van der Waals surface area (Å²) < 4.78 is 33.4. The number of anilines is 1. The second kappa shape index (κ2) is 7.30. The minimum Gasteiger partial charge on any atom is -0.385 e. The van der Waals surface area contributed by atoms with Crippen molar-refractivity contribution in [3.63, 3.8) is 0 Å². The fourth-order valence-electron chi connectivity index (χ4n) is 3.48. The van der Waals surface area contributed by atoms with Crippen molar-refractivity contribution in [1.29, 1.82) is 0 Å². The standard InChI is InChI=1S/C18H20F2N4OS/c1-25-6-2-11-10-24(5-4-21-11)17-12-3-7-26-18(12)23-8-13-15(20)14(19)9-22-16(13)17/h3,7-9,11,21,23H,2,4-6,10H2,1H3. The van der Waals surface area contributed by atoms with Gasteiger partial charge in [-0.1, -0.05) is 0 Å². The predicted molar refractivity (Wildman–Crippen MR) is 98.2 cm³/mol. The van der Waals surface area contributed by atoms with Crippen LogP contribution in [0, 0.1) is 11.6 Å². The average Bonchev–Trinajstić information content (AvgIpc) is 3.05. The van der Waals surface area contributed by atoms with Gasteiger partial charge in [-0.2, -0.15) is 0 Å². The Morgan fingerprint density at radius 3 is 3.15 bits per heavy atom. The van der Waals surface area contributed by atoms with Crippen molar-refractivity contribution in [2.45, 2.75) is 12.5 Å². The van der Waals surface area contributed by atoms with Gasteiger partial charge >= 0.3 is 0 Å². The first-order valence-electron chi connectivity index (χ1n) is 8.55. The van der Waals surface area contributed by atoms with E-state index < -0.39 is 11.6 Å². The Morgan fingerprint density at radius 2 is 2.31 bits per heavy atom. The first-order chi connectivity index (χ1) is 12.7. The molecule has 2 aromatic rings. The molecule has 4 heterocycles. The van der Waals surface area contributed by atoms with E-state index in [0.717, 1.165) is 48.5 Å². The van der Waals surface area contributed by atoms with Crippen LogP contribution >= 0.6 is 11.3 Å². The third kappa shape index (κ3) is 3.08. The van der Waals surface area contributed by atoms with E-state index in [1.165, 1.54) is 17.5 Å². The van der Waals surface area contributed by atoms with Crippen molar-refractivity contribution < 1.29 is 13.5 Å². The fraction of sp³-hybridized carbons (Fsp3) is 0.389. The normalized spacial score (nSPS) is 19.3. The molecule has 5 nitrogen and oxygen atoms in total. The number of nitrogens with one attached hydrogen (secondary N) is 2. The Bertz CT molecular complexity index is 930. The zero-order valence-corrected chi connectivity index (χ0v) is 15.2. The molecule has 1 saturated heterocycles. The lowest BCUT2D eigenvalue weighted by molar-refractivity contribution is 0.166. The van der Waals surface area contributed by atoms with Crippen molar-refractivity contribution in [1.82, 2.24) is 15.2 Å². The molecule has 0 aromatic carbocycles. The summed E-state index contributed by atoms with van der Waals surface area (Å²) in [6, 6.07) is 2.27. The average molecular weight is 378 g/mol. The Balaban J connectivity index is 1.85. The van der Waals surface area contributed by atoms with Gasteiger partial charge in [0.2, 0.25) is 0 Å². The number of aromatic nitrogens is 1. The molecule has 138 valence electrons. The van der Waals surface area contributed by atoms with Crippen LogP contribution in [0.1, 0.15) is 12.0 Å². The maximum Gasteiger partial charge on any atom is 0.177 e. The first-order valence-corrected chi connectivity index (χ1v) is 9.43. The summed E-state index contributed by atoms with van der Waals surface area (Å²) in [7, 11) is 1.69. The quantitative estimate of drug-likeness (QED) is 0.833. The second-order valence-electron chi connectivity index (χ2n) is 6.36. The molecule has 1 atom stereocenters. The van der Waals surface area contributed by atoms with Crippen LogP contribution in [0.2, 0.25) is 0 Å². The molecule has 2 aromatic heterocycles. The molecule has 1 unspecified atom stereocenters.